The fraction of sp³-hybridized carbons (Fsp3) is 0.333. The van der Waals surface area contributed by atoms with E-state index in [2.05, 4.69) is 15.6 Å². The van der Waals surface area contributed by atoms with E-state index in [1.54, 1.807) is 36.5 Å². The van der Waals surface area contributed by atoms with E-state index in [0.29, 0.717) is 29.9 Å². The van der Waals surface area contributed by atoms with Gasteiger partial charge in [-0.25, -0.2) is 0 Å². The number of aryl methyl sites for hydroxylation is 2. The van der Waals surface area contributed by atoms with Crippen LogP contribution in [0.4, 0.5) is 11.4 Å². The number of rotatable bonds is 7. The molecule has 1 fully saturated rings. The fourth-order valence-corrected chi connectivity index (χ4v) is 5.34. The lowest BCUT2D eigenvalue weighted by Gasteiger charge is -2.44. The number of para-hydroxylation sites is 2. The van der Waals surface area contributed by atoms with Gasteiger partial charge in [-0.3, -0.25) is 19.4 Å². The van der Waals surface area contributed by atoms with E-state index < -0.39 is 41.0 Å². The molecule has 1 heterocycles. The zero-order valence-electron chi connectivity index (χ0n) is 21.4. The second kappa shape index (κ2) is 11.0. The molecule has 0 saturated heterocycles. The van der Waals surface area contributed by atoms with Gasteiger partial charge in [-0.2, -0.15) is 0 Å². The van der Waals surface area contributed by atoms with Crippen molar-refractivity contribution in [1.29, 1.82) is 0 Å². The largest absolute Gasteiger partial charge is 0.389 e. The molecule has 0 radical (unpaired) electrons. The first-order valence-electron chi connectivity index (χ1n) is 12.7. The van der Waals surface area contributed by atoms with Crippen LogP contribution in [0, 0.1) is 11.8 Å². The number of benzene rings is 2. The molecule has 3 aromatic rings. The van der Waals surface area contributed by atoms with E-state index in [-0.39, 0.29) is 6.42 Å². The molecule has 7 nitrogen and oxygen atoms in total. The predicted octanol–water partition coefficient (Wildman–Crippen LogP) is 4.52. The van der Waals surface area contributed by atoms with Gasteiger partial charge < -0.3 is 15.7 Å². The number of nitrogens with zero attached hydrogens (tertiary/aromatic N) is 1. The Morgan fingerprint density at radius 1 is 0.892 bits per heavy atom. The standard InChI is InChI=1S/C30H33N3O4/c1-4-19-12-6-8-14-21(19)32-28(35)26-24(34)18-30(3,37)27(25(26)23-16-10-11-17-31-23)29(36)33-22-15-9-7-13-20(22)5-2/h6-17,25-27,37H,4-5,18H2,1-3H3,(H,32,35)(H,33,36). The monoisotopic (exact) mass is 499 g/mol. The van der Waals surface area contributed by atoms with E-state index in [9.17, 15) is 19.5 Å². The summed E-state index contributed by atoms with van der Waals surface area (Å²) in [5.41, 5.74) is 1.87. The Morgan fingerprint density at radius 3 is 1.97 bits per heavy atom. The van der Waals surface area contributed by atoms with Crippen molar-refractivity contribution in [3.05, 3.63) is 89.7 Å². The third-order valence-corrected chi connectivity index (χ3v) is 7.17. The van der Waals surface area contributed by atoms with Crippen LogP contribution >= 0.6 is 0 Å². The van der Waals surface area contributed by atoms with Crippen molar-refractivity contribution in [1.82, 2.24) is 4.98 Å². The zero-order chi connectivity index (χ0) is 26.6. The topological polar surface area (TPSA) is 108 Å². The molecule has 4 rings (SSSR count). The second-order valence-electron chi connectivity index (χ2n) is 9.74. The quantitative estimate of drug-likeness (QED) is 0.414. The number of hydrogen-bond donors (Lipinski definition) is 3. The summed E-state index contributed by atoms with van der Waals surface area (Å²) in [5.74, 6) is -4.64. The summed E-state index contributed by atoms with van der Waals surface area (Å²) >= 11 is 0. The molecule has 1 saturated carbocycles. The molecule has 0 spiro atoms. The van der Waals surface area contributed by atoms with Gasteiger partial charge >= 0.3 is 0 Å². The Morgan fingerprint density at radius 2 is 1.43 bits per heavy atom. The summed E-state index contributed by atoms with van der Waals surface area (Å²) in [6, 6.07) is 20.1. The molecule has 2 aromatic carbocycles. The highest BCUT2D eigenvalue weighted by atomic mass is 16.3. The number of carbonyl (C=O) groups is 3. The highest BCUT2D eigenvalue weighted by molar-refractivity contribution is 6.10. The van der Waals surface area contributed by atoms with Gasteiger partial charge in [-0.1, -0.05) is 56.3 Å². The number of aliphatic hydroxyl groups is 1. The molecule has 3 N–H and O–H groups in total. The van der Waals surface area contributed by atoms with Crippen LogP contribution in [-0.4, -0.2) is 33.3 Å². The maximum absolute atomic E-state index is 13.8. The lowest BCUT2D eigenvalue weighted by atomic mass is 9.62. The molecular formula is C30H33N3O4. The van der Waals surface area contributed by atoms with Crippen LogP contribution in [0.2, 0.25) is 0 Å². The van der Waals surface area contributed by atoms with Gasteiger partial charge in [0.05, 0.1) is 11.5 Å². The van der Waals surface area contributed by atoms with Gasteiger partial charge in [-0.05, 0) is 55.2 Å². The van der Waals surface area contributed by atoms with Gasteiger partial charge in [-0.15, -0.1) is 0 Å². The highest BCUT2D eigenvalue weighted by Crippen LogP contribution is 2.46. The number of carbonyl (C=O) groups excluding carboxylic acids is 3. The van der Waals surface area contributed by atoms with Crippen LogP contribution in [0.3, 0.4) is 0 Å². The normalized spacial score (nSPS) is 23.4. The van der Waals surface area contributed by atoms with Crippen molar-refractivity contribution in [3.8, 4) is 0 Å². The number of ketones is 1. The van der Waals surface area contributed by atoms with Gasteiger partial charge in [0.2, 0.25) is 11.8 Å². The molecule has 4 unspecified atom stereocenters. The van der Waals surface area contributed by atoms with Gasteiger partial charge in [0.1, 0.15) is 11.7 Å². The van der Waals surface area contributed by atoms with Crippen molar-refractivity contribution in [3.63, 3.8) is 0 Å². The molecule has 1 aromatic heterocycles. The van der Waals surface area contributed by atoms with E-state index in [4.69, 9.17) is 0 Å². The molecular weight excluding hydrogens is 466 g/mol. The van der Waals surface area contributed by atoms with Crippen LogP contribution in [-0.2, 0) is 27.2 Å². The van der Waals surface area contributed by atoms with Crippen molar-refractivity contribution >= 4 is 29.0 Å². The summed E-state index contributed by atoms with van der Waals surface area (Å²) in [5, 5.41) is 17.3. The number of Topliss-reactive ketones (excluding diaryl/α,β-unsaturated/α-hetero) is 1. The Hall–Kier alpha value is -3.84. The minimum absolute atomic E-state index is 0.322. The summed E-state index contributed by atoms with van der Waals surface area (Å²) in [6.45, 7) is 5.46. The van der Waals surface area contributed by atoms with Crippen molar-refractivity contribution in [2.75, 3.05) is 10.6 Å². The Balaban J connectivity index is 1.76. The van der Waals surface area contributed by atoms with Crippen LogP contribution < -0.4 is 10.6 Å². The maximum atomic E-state index is 13.8. The van der Waals surface area contributed by atoms with Crippen LogP contribution in [0.1, 0.15) is 49.9 Å². The number of aromatic nitrogens is 1. The maximum Gasteiger partial charge on any atom is 0.235 e. The molecule has 7 heteroatoms. The third-order valence-electron chi connectivity index (χ3n) is 7.17. The Kier molecular flexibility index (Phi) is 7.83. The smallest absolute Gasteiger partial charge is 0.235 e. The third kappa shape index (κ3) is 5.47. The lowest BCUT2D eigenvalue weighted by Crippen LogP contribution is -2.56. The van der Waals surface area contributed by atoms with Gasteiger partial charge in [0.25, 0.3) is 0 Å². The summed E-state index contributed by atoms with van der Waals surface area (Å²) in [6.07, 6.45) is 2.65. The number of amides is 2. The van der Waals surface area contributed by atoms with E-state index in [1.165, 1.54) is 6.92 Å². The SMILES string of the molecule is CCc1ccccc1NC(=O)C1C(=O)CC(C)(O)C(C(=O)Nc2ccccc2CC)C1c1ccccn1. The molecule has 1 aliphatic rings. The number of pyridine rings is 1. The minimum Gasteiger partial charge on any atom is -0.389 e. The fourth-order valence-electron chi connectivity index (χ4n) is 5.34. The molecule has 192 valence electrons. The first kappa shape index (κ1) is 26.2. The Bertz CT molecular complexity index is 1290. The lowest BCUT2D eigenvalue weighted by molar-refractivity contribution is -0.151. The molecule has 4 atom stereocenters. The average molecular weight is 500 g/mol. The second-order valence-corrected chi connectivity index (χ2v) is 9.74. The summed E-state index contributed by atoms with van der Waals surface area (Å²) in [7, 11) is 0. The molecule has 0 bridgehead atoms. The average Bonchev–Trinajstić information content (AvgIpc) is 2.88. The van der Waals surface area contributed by atoms with Crippen molar-refractivity contribution < 1.29 is 19.5 Å². The molecule has 37 heavy (non-hydrogen) atoms. The minimum atomic E-state index is -1.68. The van der Waals surface area contributed by atoms with Crippen LogP contribution in [0.15, 0.2) is 72.9 Å². The molecule has 2 amide bonds. The van der Waals surface area contributed by atoms with Crippen molar-refractivity contribution in [2.24, 2.45) is 11.8 Å². The summed E-state index contributed by atoms with van der Waals surface area (Å²) in [4.78, 5) is 45.4. The van der Waals surface area contributed by atoms with E-state index >= 15 is 0 Å². The number of nitrogens with one attached hydrogen (secondary N) is 2. The Labute approximate surface area is 217 Å². The first-order chi connectivity index (χ1) is 17.8. The van der Waals surface area contributed by atoms with E-state index in [0.717, 1.165) is 11.1 Å². The van der Waals surface area contributed by atoms with Gasteiger partial charge in [0, 0.05) is 35.6 Å². The predicted molar refractivity (Wildman–Crippen MR) is 143 cm³/mol. The molecule has 0 aliphatic heterocycles. The summed E-state index contributed by atoms with van der Waals surface area (Å²) < 4.78 is 0. The zero-order valence-corrected chi connectivity index (χ0v) is 21.4. The number of hydrogen-bond acceptors (Lipinski definition) is 5. The van der Waals surface area contributed by atoms with E-state index in [1.807, 2.05) is 50.2 Å². The van der Waals surface area contributed by atoms with Crippen molar-refractivity contribution in [2.45, 2.75) is 51.6 Å². The van der Waals surface area contributed by atoms with Crippen LogP contribution in [0.25, 0.3) is 0 Å². The number of anilines is 2. The van der Waals surface area contributed by atoms with Crippen LogP contribution in [0.5, 0.6) is 0 Å². The highest BCUT2D eigenvalue weighted by Gasteiger charge is 2.56. The molecule has 1 aliphatic carbocycles. The first-order valence-corrected chi connectivity index (χ1v) is 12.7. The van der Waals surface area contributed by atoms with Gasteiger partial charge in [0.15, 0.2) is 0 Å².